The SMILES string of the molecule is Nn1c[n+](N)c2ncncc21. The van der Waals surface area contributed by atoms with Gasteiger partial charge in [0.05, 0.1) is 6.20 Å². The molecule has 4 N–H and O–H groups in total. The van der Waals surface area contributed by atoms with Gasteiger partial charge in [0.1, 0.15) is 0 Å². The summed E-state index contributed by atoms with van der Waals surface area (Å²) in [5, 5.41) is 0. The summed E-state index contributed by atoms with van der Waals surface area (Å²) in [4.78, 5) is 7.73. The lowest BCUT2D eigenvalue weighted by atomic mass is 10.6. The van der Waals surface area contributed by atoms with Crippen molar-refractivity contribution in [1.29, 1.82) is 0 Å². The Morgan fingerprint density at radius 2 is 2.36 bits per heavy atom. The lowest BCUT2D eigenvalue weighted by molar-refractivity contribution is -0.614. The Bertz CT molecular complexity index is 355. The zero-order chi connectivity index (χ0) is 7.84. The summed E-state index contributed by atoms with van der Waals surface area (Å²) in [5.41, 5.74) is 1.32. The van der Waals surface area contributed by atoms with Crippen LogP contribution in [0.1, 0.15) is 0 Å². The van der Waals surface area contributed by atoms with E-state index in [1.54, 1.807) is 6.20 Å². The Labute approximate surface area is 62.0 Å². The van der Waals surface area contributed by atoms with E-state index in [1.165, 1.54) is 22.0 Å². The summed E-state index contributed by atoms with van der Waals surface area (Å²) >= 11 is 0. The second kappa shape index (κ2) is 1.82. The van der Waals surface area contributed by atoms with E-state index in [0.29, 0.717) is 11.2 Å². The second-order valence-electron chi connectivity index (χ2n) is 2.16. The van der Waals surface area contributed by atoms with Crippen LogP contribution in [0.2, 0.25) is 0 Å². The van der Waals surface area contributed by atoms with Crippen molar-refractivity contribution < 1.29 is 4.68 Å². The van der Waals surface area contributed by atoms with Crippen LogP contribution in [0.3, 0.4) is 0 Å². The third kappa shape index (κ3) is 0.689. The van der Waals surface area contributed by atoms with Gasteiger partial charge in [0.2, 0.25) is 11.8 Å². The van der Waals surface area contributed by atoms with Crippen LogP contribution in [0, 0.1) is 0 Å². The molecule has 0 aromatic carbocycles. The molecule has 0 atom stereocenters. The van der Waals surface area contributed by atoms with Crippen molar-refractivity contribution in [3.05, 3.63) is 18.9 Å². The largest absolute Gasteiger partial charge is 0.329 e. The molecule has 2 aromatic heterocycles. The molecule has 0 radical (unpaired) electrons. The van der Waals surface area contributed by atoms with Gasteiger partial charge in [0, 0.05) is 0 Å². The van der Waals surface area contributed by atoms with Crippen molar-refractivity contribution in [2.24, 2.45) is 0 Å². The van der Waals surface area contributed by atoms with E-state index in [9.17, 15) is 0 Å². The van der Waals surface area contributed by atoms with Crippen molar-refractivity contribution >= 4 is 11.2 Å². The fourth-order valence-corrected chi connectivity index (χ4v) is 0.948. The number of rotatable bonds is 0. The minimum absolute atomic E-state index is 0.613. The number of hydrogen-bond donors (Lipinski definition) is 2. The van der Waals surface area contributed by atoms with Crippen LogP contribution in [-0.2, 0) is 0 Å². The quantitative estimate of drug-likeness (QED) is 0.341. The van der Waals surface area contributed by atoms with E-state index in [-0.39, 0.29) is 0 Å². The van der Waals surface area contributed by atoms with Crippen LogP contribution in [0.25, 0.3) is 11.2 Å². The first kappa shape index (κ1) is 5.90. The molecule has 0 spiro atoms. The Balaban J connectivity index is 2.95. The lowest BCUT2D eigenvalue weighted by Gasteiger charge is -1.81. The van der Waals surface area contributed by atoms with Gasteiger partial charge in [-0.05, 0) is 0 Å². The van der Waals surface area contributed by atoms with Gasteiger partial charge < -0.3 is 0 Å². The topological polar surface area (TPSA) is 86.6 Å². The van der Waals surface area contributed by atoms with Crippen molar-refractivity contribution in [3.63, 3.8) is 0 Å². The van der Waals surface area contributed by atoms with Gasteiger partial charge in [-0.25, -0.2) is 4.98 Å². The van der Waals surface area contributed by atoms with Crippen LogP contribution in [0.4, 0.5) is 0 Å². The van der Waals surface area contributed by atoms with E-state index in [0.717, 1.165) is 0 Å². The number of nitrogen functional groups attached to an aromatic ring is 2. The molecule has 2 rings (SSSR count). The smallest absolute Gasteiger partial charge is 0.291 e. The summed E-state index contributed by atoms with van der Waals surface area (Å²) in [7, 11) is 0. The summed E-state index contributed by atoms with van der Waals surface area (Å²) in [5.74, 6) is 11.0. The maximum Gasteiger partial charge on any atom is 0.329 e. The highest BCUT2D eigenvalue weighted by atomic mass is 15.4. The van der Waals surface area contributed by atoms with Gasteiger partial charge >= 0.3 is 5.65 Å². The Hall–Kier alpha value is -1.85. The molecular formula is C5H7N6+. The first-order chi connectivity index (χ1) is 5.29. The van der Waals surface area contributed by atoms with Gasteiger partial charge in [-0.3, -0.25) is 11.7 Å². The van der Waals surface area contributed by atoms with Gasteiger partial charge in [-0.1, -0.05) is 4.98 Å². The summed E-state index contributed by atoms with van der Waals surface area (Å²) in [6, 6.07) is 0. The molecule has 56 valence electrons. The molecule has 0 unspecified atom stereocenters. The molecule has 0 aliphatic carbocycles. The highest BCUT2D eigenvalue weighted by Gasteiger charge is 2.11. The van der Waals surface area contributed by atoms with E-state index < -0.39 is 0 Å². The standard InChI is InChI=1S/C5H7N6/c6-10-3-11(7)5-4(10)1-8-2-9-5/h1-3H,6-7H2/q+1. The maximum atomic E-state index is 5.51. The first-order valence-corrected chi connectivity index (χ1v) is 3.02. The number of hydrogen-bond acceptors (Lipinski definition) is 4. The lowest BCUT2D eigenvalue weighted by Crippen LogP contribution is -2.43. The minimum atomic E-state index is 0.613. The third-order valence-corrected chi connectivity index (χ3v) is 1.44. The maximum absolute atomic E-state index is 5.51. The highest BCUT2D eigenvalue weighted by Crippen LogP contribution is 1.99. The summed E-state index contributed by atoms with van der Waals surface area (Å²) in [6.07, 6.45) is 4.55. The number of imidazole rings is 1. The van der Waals surface area contributed by atoms with Crippen molar-refractivity contribution in [3.8, 4) is 0 Å². The highest BCUT2D eigenvalue weighted by molar-refractivity contribution is 5.65. The Kier molecular flexibility index (Phi) is 0.974. The molecule has 2 heterocycles. The third-order valence-electron chi connectivity index (χ3n) is 1.44. The minimum Gasteiger partial charge on any atom is -0.291 e. The van der Waals surface area contributed by atoms with Gasteiger partial charge in [-0.2, -0.15) is 4.68 Å². The number of aromatic nitrogens is 4. The van der Waals surface area contributed by atoms with Crippen LogP contribution in [-0.4, -0.2) is 14.6 Å². The van der Waals surface area contributed by atoms with Crippen molar-refractivity contribution in [2.75, 3.05) is 11.7 Å². The summed E-state index contributed by atoms with van der Waals surface area (Å²) < 4.78 is 2.71. The monoisotopic (exact) mass is 151 g/mol. The first-order valence-electron chi connectivity index (χ1n) is 3.02. The molecule has 0 saturated heterocycles. The van der Waals surface area contributed by atoms with Crippen molar-refractivity contribution in [2.45, 2.75) is 0 Å². The predicted molar refractivity (Wildman–Crippen MR) is 38.0 cm³/mol. The number of fused-ring (bicyclic) bond motifs is 1. The second-order valence-corrected chi connectivity index (χ2v) is 2.16. The van der Waals surface area contributed by atoms with Crippen LogP contribution in [0.15, 0.2) is 18.9 Å². The molecule has 0 aliphatic rings. The molecular weight excluding hydrogens is 144 g/mol. The number of nitrogens with two attached hydrogens (primary N) is 2. The fourth-order valence-electron chi connectivity index (χ4n) is 0.948. The molecule has 6 heteroatoms. The van der Waals surface area contributed by atoms with Gasteiger partial charge in [0.25, 0.3) is 0 Å². The molecule has 0 bridgehead atoms. The number of nitrogens with zero attached hydrogens (tertiary/aromatic N) is 4. The van der Waals surface area contributed by atoms with Gasteiger partial charge in [0.15, 0.2) is 6.33 Å². The fraction of sp³-hybridized carbons (Fsp3) is 0. The van der Waals surface area contributed by atoms with Crippen LogP contribution >= 0.6 is 0 Å². The zero-order valence-corrected chi connectivity index (χ0v) is 5.68. The van der Waals surface area contributed by atoms with E-state index in [4.69, 9.17) is 11.7 Å². The average molecular weight is 151 g/mol. The van der Waals surface area contributed by atoms with Crippen LogP contribution < -0.4 is 16.4 Å². The van der Waals surface area contributed by atoms with E-state index >= 15 is 0 Å². The Morgan fingerprint density at radius 3 is 3.09 bits per heavy atom. The predicted octanol–water partition coefficient (Wildman–Crippen LogP) is -1.85. The zero-order valence-electron chi connectivity index (χ0n) is 5.68. The average Bonchev–Trinajstić information content (AvgIpc) is 2.30. The van der Waals surface area contributed by atoms with Crippen molar-refractivity contribution in [1.82, 2.24) is 14.6 Å². The molecule has 11 heavy (non-hydrogen) atoms. The van der Waals surface area contributed by atoms with E-state index in [1.807, 2.05) is 0 Å². The van der Waals surface area contributed by atoms with E-state index in [2.05, 4.69) is 9.97 Å². The molecule has 0 saturated carbocycles. The molecule has 0 aliphatic heterocycles. The van der Waals surface area contributed by atoms with Gasteiger partial charge in [-0.15, -0.1) is 4.68 Å². The van der Waals surface area contributed by atoms with Crippen LogP contribution in [0.5, 0.6) is 0 Å². The molecule has 6 nitrogen and oxygen atoms in total. The molecule has 0 amide bonds. The summed E-state index contributed by atoms with van der Waals surface area (Å²) in [6.45, 7) is 0. The normalized spacial score (nSPS) is 10.5. The molecule has 2 aromatic rings. The Morgan fingerprint density at radius 1 is 1.55 bits per heavy atom. The molecule has 0 fully saturated rings.